The minimum atomic E-state index is 0.650. The van der Waals surface area contributed by atoms with E-state index in [1.165, 1.54) is 24.1 Å². The highest BCUT2D eigenvalue weighted by Crippen LogP contribution is 2.22. The van der Waals surface area contributed by atoms with Crippen molar-refractivity contribution >= 4 is 5.69 Å². The van der Waals surface area contributed by atoms with Gasteiger partial charge in [0.1, 0.15) is 0 Å². The van der Waals surface area contributed by atoms with Crippen molar-refractivity contribution in [2.24, 2.45) is 0 Å². The Morgan fingerprint density at radius 1 is 1.59 bits per heavy atom. The Balaban J connectivity index is 2.10. The van der Waals surface area contributed by atoms with Gasteiger partial charge in [0, 0.05) is 42.8 Å². The summed E-state index contributed by atoms with van der Waals surface area (Å²) in [5.74, 6) is 2.71. The lowest BCUT2D eigenvalue weighted by Gasteiger charge is -2.23. The van der Waals surface area contributed by atoms with Crippen LogP contribution in [-0.2, 0) is 6.54 Å². The van der Waals surface area contributed by atoms with Crippen LogP contribution in [0.1, 0.15) is 25.3 Å². The fourth-order valence-corrected chi connectivity index (χ4v) is 1.88. The fourth-order valence-electron chi connectivity index (χ4n) is 1.88. The Morgan fingerprint density at radius 3 is 3.06 bits per heavy atom. The van der Waals surface area contributed by atoms with Gasteiger partial charge in [0.25, 0.3) is 0 Å². The van der Waals surface area contributed by atoms with Gasteiger partial charge >= 0.3 is 0 Å². The van der Waals surface area contributed by atoms with Crippen molar-refractivity contribution in [2.75, 3.05) is 18.0 Å². The molecule has 0 amide bonds. The van der Waals surface area contributed by atoms with Gasteiger partial charge in [-0.3, -0.25) is 4.98 Å². The molecule has 1 N–H and O–H groups in total. The molecule has 0 radical (unpaired) electrons. The van der Waals surface area contributed by atoms with Crippen LogP contribution in [0.2, 0.25) is 0 Å². The standard InChI is InChI=1S/C14H19N3/c1-3-9-17(4-2)14-7-8-15-10-12(14)11-16-13-5-6-13/h1,7-8,10,13,16H,4-6,9,11H2,2H3. The van der Waals surface area contributed by atoms with E-state index in [0.717, 1.165) is 13.1 Å². The number of terminal acetylenes is 1. The quantitative estimate of drug-likeness (QED) is 0.754. The molecule has 1 saturated carbocycles. The maximum absolute atomic E-state index is 5.40. The molecule has 1 fully saturated rings. The first-order valence-corrected chi connectivity index (χ1v) is 6.19. The predicted octanol–water partition coefficient (Wildman–Crippen LogP) is 1.79. The first kappa shape index (κ1) is 11.9. The van der Waals surface area contributed by atoms with Crippen molar-refractivity contribution in [1.29, 1.82) is 0 Å². The molecular formula is C14H19N3. The molecule has 90 valence electrons. The highest BCUT2D eigenvalue weighted by atomic mass is 15.1. The van der Waals surface area contributed by atoms with E-state index in [2.05, 4.69) is 28.0 Å². The van der Waals surface area contributed by atoms with Gasteiger partial charge < -0.3 is 10.2 Å². The van der Waals surface area contributed by atoms with Gasteiger partial charge in [-0.15, -0.1) is 6.42 Å². The number of nitrogens with zero attached hydrogens (tertiary/aromatic N) is 2. The van der Waals surface area contributed by atoms with Crippen LogP contribution in [0.15, 0.2) is 18.5 Å². The highest BCUT2D eigenvalue weighted by molar-refractivity contribution is 5.53. The zero-order valence-electron chi connectivity index (χ0n) is 10.3. The first-order chi connectivity index (χ1) is 8.35. The molecule has 1 aromatic rings. The van der Waals surface area contributed by atoms with Gasteiger partial charge in [0.05, 0.1) is 6.54 Å². The second-order valence-corrected chi connectivity index (χ2v) is 4.38. The van der Waals surface area contributed by atoms with Crippen LogP contribution in [0.25, 0.3) is 0 Å². The van der Waals surface area contributed by atoms with E-state index in [0.29, 0.717) is 12.6 Å². The van der Waals surface area contributed by atoms with Gasteiger partial charge in [-0.25, -0.2) is 0 Å². The number of hydrogen-bond acceptors (Lipinski definition) is 3. The maximum atomic E-state index is 5.40. The largest absolute Gasteiger partial charge is 0.360 e. The van der Waals surface area contributed by atoms with E-state index < -0.39 is 0 Å². The summed E-state index contributed by atoms with van der Waals surface area (Å²) in [5, 5.41) is 3.52. The van der Waals surface area contributed by atoms with Gasteiger partial charge in [0.2, 0.25) is 0 Å². The van der Waals surface area contributed by atoms with E-state index in [1.54, 1.807) is 0 Å². The summed E-state index contributed by atoms with van der Waals surface area (Å²) in [6.07, 6.45) is 11.8. The number of rotatable bonds is 6. The fraction of sp³-hybridized carbons (Fsp3) is 0.500. The molecule has 2 rings (SSSR count). The SMILES string of the molecule is C#CCN(CC)c1ccncc1CNC1CC1. The molecule has 0 bridgehead atoms. The number of nitrogens with one attached hydrogen (secondary N) is 1. The van der Waals surface area contributed by atoms with E-state index in [4.69, 9.17) is 6.42 Å². The van der Waals surface area contributed by atoms with Gasteiger partial charge in [0.15, 0.2) is 0 Å². The molecule has 1 aliphatic carbocycles. The van der Waals surface area contributed by atoms with Crippen molar-refractivity contribution < 1.29 is 0 Å². The third-order valence-corrected chi connectivity index (χ3v) is 3.04. The summed E-state index contributed by atoms with van der Waals surface area (Å²) >= 11 is 0. The lowest BCUT2D eigenvalue weighted by molar-refractivity contribution is 0.683. The Kier molecular flexibility index (Phi) is 4.00. The van der Waals surface area contributed by atoms with Crippen molar-refractivity contribution in [3.8, 4) is 12.3 Å². The van der Waals surface area contributed by atoms with Crippen molar-refractivity contribution in [3.05, 3.63) is 24.0 Å². The molecular weight excluding hydrogens is 210 g/mol. The van der Waals surface area contributed by atoms with Crippen molar-refractivity contribution in [2.45, 2.75) is 32.4 Å². The smallest absolute Gasteiger partial charge is 0.0791 e. The Bertz CT molecular complexity index is 404. The van der Waals surface area contributed by atoms with Crippen LogP contribution in [-0.4, -0.2) is 24.1 Å². The monoisotopic (exact) mass is 229 g/mol. The van der Waals surface area contributed by atoms with Crippen LogP contribution in [0.5, 0.6) is 0 Å². The van der Waals surface area contributed by atoms with Crippen LogP contribution in [0.4, 0.5) is 5.69 Å². The summed E-state index contributed by atoms with van der Waals surface area (Å²) < 4.78 is 0. The minimum absolute atomic E-state index is 0.650. The number of pyridine rings is 1. The van der Waals surface area contributed by atoms with Gasteiger partial charge in [-0.2, -0.15) is 0 Å². The topological polar surface area (TPSA) is 28.2 Å². The molecule has 0 saturated heterocycles. The lowest BCUT2D eigenvalue weighted by Crippen LogP contribution is -2.26. The molecule has 0 unspecified atom stereocenters. The van der Waals surface area contributed by atoms with E-state index in [9.17, 15) is 0 Å². The van der Waals surface area contributed by atoms with Crippen molar-refractivity contribution in [3.63, 3.8) is 0 Å². The first-order valence-electron chi connectivity index (χ1n) is 6.19. The van der Waals surface area contributed by atoms with Gasteiger partial charge in [-0.1, -0.05) is 5.92 Å². The molecule has 0 aromatic carbocycles. The molecule has 1 aliphatic rings. The number of hydrogen-bond donors (Lipinski definition) is 1. The summed E-state index contributed by atoms with van der Waals surface area (Å²) in [6.45, 7) is 4.58. The average molecular weight is 229 g/mol. The van der Waals surface area contributed by atoms with E-state index >= 15 is 0 Å². The van der Waals surface area contributed by atoms with Gasteiger partial charge in [-0.05, 0) is 25.8 Å². The zero-order valence-corrected chi connectivity index (χ0v) is 10.3. The highest BCUT2D eigenvalue weighted by Gasteiger charge is 2.20. The average Bonchev–Trinajstić information content (AvgIpc) is 3.18. The molecule has 17 heavy (non-hydrogen) atoms. The van der Waals surface area contributed by atoms with E-state index in [-0.39, 0.29) is 0 Å². The van der Waals surface area contributed by atoms with Crippen molar-refractivity contribution in [1.82, 2.24) is 10.3 Å². The normalized spacial score (nSPS) is 14.4. The summed E-state index contributed by atoms with van der Waals surface area (Å²) in [6, 6.07) is 2.76. The Labute approximate surface area is 103 Å². The number of aromatic nitrogens is 1. The zero-order chi connectivity index (χ0) is 12.1. The third kappa shape index (κ3) is 3.21. The molecule has 0 aliphatic heterocycles. The predicted molar refractivity (Wildman–Crippen MR) is 70.8 cm³/mol. The number of anilines is 1. The van der Waals surface area contributed by atoms with Crippen LogP contribution >= 0.6 is 0 Å². The molecule has 3 heteroatoms. The molecule has 1 aromatic heterocycles. The summed E-state index contributed by atoms with van der Waals surface area (Å²) in [4.78, 5) is 6.40. The van der Waals surface area contributed by atoms with Crippen LogP contribution < -0.4 is 10.2 Å². The second-order valence-electron chi connectivity index (χ2n) is 4.38. The lowest BCUT2D eigenvalue weighted by atomic mass is 10.2. The summed E-state index contributed by atoms with van der Waals surface area (Å²) in [5.41, 5.74) is 2.44. The maximum Gasteiger partial charge on any atom is 0.0791 e. The van der Waals surface area contributed by atoms with Crippen LogP contribution in [0.3, 0.4) is 0 Å². The molecule has 1 heterocycles. The summed E-state index contributed by atoms with van der Waals surface area (Å²) in [7, 11) is 0. The van der Waals surface area contributed by atoms with Crippen LogP contribution in [0, 0.1) is 12.3 Å². The van der Waals surface area contributed by atoms with E-state index in [1.807, 2.05) is 18.5 Å². The second kappa shape index (κ2) is 5.70. The Hall–Kier alpha value is -1.53. The molecule has 0 atom stereocenters. The Morgan fingerprint density at radius 2 is 2.41 bits per heavy atom. The third-order valence-electron chi connectivity index (χ3n) is 3.04. The molecule has 0 spiro atoms. The molecule has 3 nitrogen and oxygen atoms in total. The minimum Gasteiger partial charge on any atom is -0.360 e.